The van der Waals surface area contributed by atoms with E-state index in [9.17, 15) is 4.79 Å². The molecule has 5 nitrogen and oxygen atoms in total. The van der Waals surface area contributed by atoms with E-state index >= 15 is 0 Å². The number of fused-ring (bicyclic) bond motifs is 1. The second-order valence-corrected chi connectivity index (χ2v) is 4.82. The first-order valence-electron chi connectivity index (χ1n) is 6.43. The molecule has 100 valence electrons. The zero-order valence-electron chi connectivity index (χ0n) is 10.5. The molecule has 0 unspecified atom stereocenters. The normalized spacial score (nSPS) is 16.6. The fourth-order valence-electron chi connectivity index (χ4n) is 2.41. The van der Waals surface area contributed by atoms with Gasteiger partial charge in [0, 0.05) is 35.8 Å². The SMILES string of the molecule is O=C(O)c1cc2ccc(NC3CCOCC3)cc2[nH]1. The Kier molecular flexibility index (Phi) is 3.13. The molecule has 0 saturated carbocycles. The molecule has 1 aromatic carbocycles. The number of rotatable bonds is 3. The quantitative estimate of drug-likeness (QED) is 0.792. The molecule has 0 aliphatic carbocycles. The molecule has 19 heavy (non-hydrogen) atoms. The van der Waals surface area contributed by atoms with Gasteiger partial charge in [-0.2, -0.15) is 0 Å². The van der Waals surface area contributed by atoms with Gasteiger partial charge in [0.25, 0.3) is 0 Å². The van der Waals surface area contributed by atoms with Gasteiger partial charge in [-0.05, 0) is 31.0 Å². The van der Waals surface area contributed by atoms with Crippen LogP contribution in [0.25, 0.3) is 10.9 Å². The van der Waals surface area contributed by atoms with Gasteiger partial charge in [-0.3, -0.25) is 0 Å². The first-order chi connectivity index (χ1) is 9.22. The van der Waals surface area contributed by atoms with Crippen molar-refractivity contribution in [3.63, 3.8) is 0 Å². The van der Waals surface area contributed by atoms with Crippen LogP contribution in [0.1, 0.15) is 23.3 Å². The summed E-state index contributed by atoms with van der Waals surface area (Å²) in [5.74, 6) is -0.935. The van der Waals surface area contributed by atoms with Crippen molar-refractivity contribution in [3.8, 4) is 0 Å². The lowest BCUT2D eigenvalue weighted by Gasteiger charge is -2.24. The highest BCUT2D eigenvalue weighted by Gasteiger charge is 2.14. The summed E-state index contributed by atoms with van der Waals surface area (Å²) in [5.41, 5.74) is 2.07. The van der Waals surface area contributed by atoms with Crippen LogP contribution in [-0.4, -0.2) is 35.3 Å². The molecule has 1 aliphatic rings. The Morgan fingerprint density at radius 2 is 2.11 bits per heavy atom. The minimum Gasteiger partial charge on any atom is -0.477 e. The molecule has 0 amide bonds. The van der Waals surface area contributed by atoms with Crippen molar-refractivity contribution < 1.29 is 14.6 Å². The maximum absolute atomic E-state index is 10.9. The van der Waals surface area contributed by atoms with Crippen LogP contribution in [0.4, 0.5) is 5.69 Å². The number of hydrogen-bond donors (Lipinski definition) is 3. The lowest BCUT2D eigenvalue weighted by Crippen LogP contribution is -2.27. The van der Waals surface area contributed by atoms with Gasteiger partial charge in [-0.25, -0.2) is 4.79 Å². The van der Waals surface area contributed by atoms with Crippen molar-refractivity contribution in [3.05, 3.63) is 30.0 Å². The van der Waals surface area contributed by atoms with Gasteiger partial charge >= 0.3 is 5.97 Å². The van der Waals surface area contributed by atoms with Crippen molar-refractivity contribution in [2.24, 2.45) is 0 Å². The lowest BCUT2D eigenvalue weighted by molar-refractivity contribution is 0.0691. The summed E-state index contributed by atoms with van der Waals surface area (Å²) in [5, 5.41) is 13.3. The first kappa shape index (κ1) is 12.0. The van der Waals surface area contributed by atoms with Crippen LogP contribution in [0.2, 0.25) is 0 Å². The number of ether oxygens (including phenoxy) is 1. The third kappa shape index (κ3) is 2.56. The highest BCUT2D eigenvalue weighted by Crippen LogP contribution is 2.22. The average molecular weight is 260 g/mol. The van der Waals surface area contributed by atoms with Crippen molar-refractivity contribution in [2.75, 3.05) is 18.5 Å². The third-order valence-corrected chi connectivity index (χ3v) is 3.44. The van der Waals surface area contributed by atoms with E-state index in [1.807, 2.05) is 18.2 Å². The zero-order chi connectivity index (χ0) is 13.2. The maximum atomic E-state index is 10.9. The Hall–Kier alpha value is -2.01. The number of aromatic carboxylic acids is 1. The standard InChI is InChI=1S/C14H16N2O3/c17-14(18)13-7-9-1-2-11(8-12(9)16-13)15-10-3-5-19-6-4-10/h1-2,7-8,10,15-16H,3-6H2,(H,17,18). The smallest absolute Gasteiger partial charge is 0.352 e. The monoisotopic (exact) mass is 260 g/mol. The number of carboxylic acid groups (broad SMARTS) is 1. The summed E-state index contributed by atoms with van der Waals surface area (Å²) >= 11 is 0. The number of aromatic nitrogens is 1. The number of anilines is 1. The minimum atomic E-state index is -0.935. The Bertz CT molecular complexity index is 600. The predicted molar refractivity (Wildman–Crippen MR) is 72.7 cm³/mol. The van der Waals surface area contributed by atoms with E-state index in [1.54, 1.807) is 6.07 Å². The molecule has 0 bridgehead atoms. The molecular formula is C14H16N2O3. The molecule has 1 aliphatic heterocycles. The molecule has 5 heteroatoms. The van der Waals surface area contributed by atoms with E-state index in [1.165, 1.54) is 0 Å². The number of carbonyl (C=O) groups is 1. The lowest BCUT2D eigenvalue weighted by atomic mass is 10.1. The fourth-order valence-corrected chi connectivity index (χ4v) is 2.41. The van der Waals surface area contributed by atoms with E-state index < -0.39 is 5.97 Å². The van der Waals surface area contributed by atoms with E-state index in [0.717, 1.165) is 42.6 Å². The van der Waals surface area contributed by atoms with Gasteiger partial charge in [-0.15, -0.1) is 0 Å². The zero-order valence-corrected chi connectivity index (χ0v) is 10.5. The van der Waals surface area contributed by atoms with Crippen LogP contribution < -0.4 is 5.32 Å². The van der Waals surface area contributed by atoms with Crippen molar-refractivity contribution in [1.82, 2.24) is 4.98 Å². The Labute approximate surface area is 110 Å². The number of nitrogens with one attached hydrogen (secondary N) is 2. The van der Waals surface area contributed by atoms with Gasteiger partial charge in [0.05, 0.1) is 0 Å². The molecule has 1 saturated heterocycles. The van der Waals surface area contributed by atoms with Crippen molar-refractivity contribution >= 4 is 22.6 Å². The molecule has 3 N–H and O–H groups in total. The van der Waals surface area contributed by atoms with Gasteiger partial charge in [0.1, 0.15) is 5.69 Å². The van der Waals surface area contributed by atoms with Crippen LogP contribution in [0.5, 0.6) is 0 Å². The summed E-state index contributed by atoms with van der Waals surface area (Å²) < 4.78 is 5.33. The number of hydrogen-bond acceptors (Lipinski definition) is 3. The minimum absolute atomic E-state index is 0.221. The molecule has 2 aromatic rings. The van der Waals surface area contributed by atoms with Crippen molar-refractivity contribution in [2.45, 2.75) is 18.9 Å². The first-order valence-corrected chi connectivity index (χ1v) is 6.43. The number of benzene rings is 1. The topological polar surface area (TPSA) is 74.3 Å². The highest BCUT2D eigenvalue weighted by molar-refractivity contribution is 5.94. The van der Waals surface area contributed by atoms with Gasteiger partial charge in [-0.1, -0.05) is 6.07 Å². The summed E-state index contributed by atoms with van der Waals surface area (Å²) in [6.45, 7) is 1.59. The Morgan fingerprint density at radius 1 is 1.32 bits per heavy atom. The molecular weight excluding hydrogens is 244 g/mol. The van der Waals surface area contributed by atoms with Gasteiger partial charge < -0.3 is 20.1 Å². The Balaban J connectivity index is 1.82. The molecule has 0 atom stereocenters. The van der Waals surface area contributed by atoms with E-state index in [2.05, 4.69) is 10.3 Å². The number of carboxylic acids is 1. The highest BCUT2D eigenvalue weighted by atomic mass is 16.5. The predicted octanol–water partition coefficient (Wildman–Crippen LogP) is 2.46. The summed E-state index contributed by atoms with van der Waals surface area (Å²) in [7, 11) is 0. The molecule has 0 radical (unpaired) electrons. The maximum Gasteiger partial charge on any atom is 0.352 e. The molecule has 0 spiro atoms. The van der Waals surface area contributed by atoms with Crippen LogP contribution in [0, 0.1) is 0 Å². The van der Waals surface area contributed by atoms with Crippen LogP contribution in [-0.2, 0) is 4.74 Å². The molecule has 3 rings (SSSR count). The summed E-state index contributed by atoms with van der Waals surface area (Å²) in [6, 6.07) is 7.95. The van der Waals surface area contributed by atoms with Crippen molar-refractivity contribution in [1.29, 1.82) is 0 Å². The summed E-state index contributed by atoms with van der Waals surface area (Å²) in [4.78, 5) is 13.8. The van der Waals surface area contributed by atoms with Crippen LogP contribution >= 0.6 is 0 Å². The van der Waals surface area contributed by atoms with E-state index in [4.69, 9.17) is 9.84 Å². The van der Waals surface area contributed by atoms with E-state index in [-0.39, 0.29) is 5.69 Å². The number of aromatic amines is 1. The van der Waals surface area contributed by atoms with Crippen LogP contribution in [0.15, 0.2) is 24.3 Å². The van der Waals surface area contributed by atoms with Crippen LogP contribution in [0.3, 0.4) is 0 Å². The molecule has 1 aromatic heterocycles. The van der Waals surface area contributed by atoms with Gasteiger partial charge in [0.15, 0.2) is 0 Å². The van der Waals surface area contributed by atoms with E-state index in [0.29, 0.717) is 6.04 Å². The molecule has 1 fully saturated rings. The second-order valence-electron chi connectivity index (χ2n) is 4.82. The number of H-pyrrole nitrogens is 1. The third-order valence-electron chi connectivity index (χ3n) is 3.44. The molecule has 2 heterocycles. The summed E-state index contributed by atoms with van der Waals surface area (Å²) in [6.07, 6.45) is 2.01. The van der Waals surface area contributed by atoms with Gasteiger partial charge in [0.2, 0.25) is 0 Å². The largest absolute Gasteiger partial charge is 0.477 e. The Morgan fingerprint density at radius 3 is 2.84 bits per heavy atom. The second kappa shape index (κ2) is 4.93. The average Bonchev–Trinajstić information content (AvgIpc) is 2.83. The fraction of sp³-hybridized carbons (Fsp3) is 0.357.